The highest BCUT2D eigenvalue weighted by Crippen LogP contribution is 2.43. The van der Waals surface area contributed by atoms with Crippen molar-refractivity contribution in [1.82, 2.24) is 14.5 Å². The molecule has 0 saturated heterocycles. The molecule has 0 amide bonds. The van der Waals surface area contributed by atoms with Gasteiger partial charge in [0.05, 0.1) is 22.4 Å². The van der Waals surface area contributed by atoms with Gasteiger partial charge in [-0.2, -0.15) is 0 Å². The second-order valence-corrected chi connectivity index (χ2v) is 11.9. The van der Waals surface area contributed by atoms with Crippen LogP contribution in [0.3, 0.4) is 0 Å². The van der Waals surface area contributed by atoms with Crippen molar-refractivity contribution in [3.05, 3.63) is 176 Å². The monoisotopic (exact) mass is 599 g/mol. The van der Waals surface area contributed by atoms with Crippen LogP contribution >= 0.6 is 0 Å². The fourth-order valence-corrected chi connectivity index (χ4v) is 6.92. The number of para-hydroxylation sites is 1. The largest absolute Gasteiger partial charge is 0.309 e. The van der Waals surface area contributed by atoms with Gasteiger partial charge in [-0.25, -0.2) is 0 Å². The van der Waals surface area contributed by atoms with Gasteiger partial charge in [-0.15, -0.1) is 0 Å². The number of pyridine rings is 2. The first-order chi connectivity index (χ1) is 23.3. The highest BCUT2D eigenvalue weighted by molar-refractivity contribution is 6.24. The number of hydrogen-bond donors (Lipinski definition) is 0. The molecule has 3 aromatic heterocycles. The minimum Gasteiger partial charge on any atom is -0.309 e. The molecule has 3 heteroatoms. The molecule has 0 N–H and O–H groups in total. The Labute approximate surface area is 273 Å². The summed E-state index contributed by atoms with van der Waals surface area (Å²) in [5, 5.41) is 4.97. The lowest BCUT2D eigenvalue weighted by atomic mass is 9.93. The van der Waals surface area contributed by atoms with Gasteiger partial charge < -0.3 is 4.57 Å². The summed E-state index contributed by atoms with van der Waals surface area (Å²) >= 11 is 0. The summed E-state index contributed by atoms with van der Waals surface area (Å²) in [5.41, 5.74) is 12.4. The normalized spacial score (nSPS) is 11.4. The van der Waals surface area contributed by atoms with E-state index in [4.69, 9.17) is 0 Å². The fourth-order valence-electron chi connectivity index (χ4n) is 6.92. The predicted molar refractivity (Wildman–Crippen MR) is 196 cm³/mol. The number of rotatable bonds is 5. The molecule has 0 saturated carbocycles. The van der Waals surface area contributed by atoms with Crippen molar-refractivity contribution in [1.29, 1.82) is 0 Å². The van der Waals surface area contributed by atoms with E-state index in [1.165, 1.54) is 49.3 Å². The summed E-state index contributed by atoms with van der Waals surface area (Å²) in [6.07, 6.45) is 3.70. The first-order valence-electron chi connectivity index (χ1n) is 15.9. The van der Waals surface area contributed by atoms with Crippen LogP contribution in [0.15, 0.2) is 176 Å². The van der Waals surface area contributed by atoms with Gasteiger partial charge in [0.1, 0.15) is 0 Å². The maximum absolute atomic E-state index is 4.63. The summed E-state index contributed by atoms with van der Waals surface area (Å²) in [7, 11) is 0. The molecular formula is C44H29N3. The van der Waals surface area contributed by atoms with Gasteiger partial charge in [-0.05, 0) is 93.7 Å². The van der Waals surface area contributed by atoms with E-state index < -0.39 is 0 Å². The predicted octanol–water partition coefficient (Wildman–Crippen LogP) is 11.4. The first kappa shape index (κ1) is 27.0. The van der Waals surface area contributed by atoms with E-state index in [9.17, 15) is 0 Å². The first-order valence-corrected chi connectivity index (χ1v) is 15.9. The maximum atomic E-state index is 4.63. The van der Waals surface area contributed by atoms with Crippen LogP contribution in [0.25, 0.3) is 83.0 Å². The molecule has 3 heterocycles. The van der Waals surface area contributed by atoms with Crippen LogP contribution in [0.4, 0.5) is 0 Å². The van der Waals surface area contributed by atoms with E-state index >= 15 is 0 Å². The standard InChI is InChI=1S/C44H29N3/c1-2-16-35(17-3-1)47-42-28-31(30-12-10-14-33(26-30)40-20-6-8-24-45-40)22-23-38(42)44-37-19-5-4-18-36(37)39(29-43(44)47)32-13-11-15-34(27-32)41-21-7-9-25-46-41/h1-29H. The Kier molecular flexibility index (Phi) is 6.46. The molecule has 0 radical (unpaired) electrons. The molecule has 0 aliphatic heterocycles. The highest BCUT2D eigenvalue weighted by atomic mass is 15.0. The highest BCUT2D eigenvalue weighted by Gasteiger charge is 2.19. The Bertz CT molecular complexity index is 2550. The number of aromatic nitrogens is 3. The lowest BCUT2D eigenvalue weighted by Crippen LogP contribution is -1.94. The molecule has 9 aromatic rings. The van der Waals surface area contributed by atoms with Gasteiger partial charge >= 0.3 is 0 Å². The third-order valence-electron chi connectivity index (χ3n) is 9.08. The van der Waals surface area contributed by atoms with Gasteiger partial charge in [-0.3, -0.25) is 9.97 Å². The van der Waals surface area contributed by atoms with Crippen LogP contribution in [0, 0.1) is 0 Å². The van der Waals surface area contributed by atoms with Crippen molar-refractivity contribution in [3.63, 3.8) is 0 Å². The Morgan fingerprint density at radius 2 is 0.957 bits per heavy atom. The van der Waals surface area contributed by atoms with Crippen molar-refractivity contribution in [3.8, 4) is 50.5 Å². The van der Waals surface area contributed by atoms with Crippen LogP contribution < -0.4 is 0 Å². The minimum absolute atomic E-state index is 0.970. The molecule has 3 nitrogen and oxygen atoms in total. The zero-order chi connectivity index (χ0) is 31.2. The molecule has 0 fully saturated rings. The molecule has 0 aliphatic carbocycles. The average Bonchev–Trinajstić information content (AvgIpc) is 3.49. The molecule has 47 heavy (non-hydrogen) atoms. The number of benzene rings is 6. The second kappa shape index (κ2) is 11.2. The van der Waals surface area contributed by atoms with E-state index in [1.807, 2.05) is 36.7 Å². The third-order valence-corrected chi connectivity index (χ3v) is 9.08. The summed E-state index contributed by atoms with van der Waals surface area (Å²) in [6, 6.07) is 58.3. The van der Waals surface area contributed by atoms with Crippen LogP contribution in [0.2, 0.25) is 0 Å². The average molecular weight is 600 g/mol. The lowest BCUT2D eigenvalue weighted by molar-refractivity contribution is 1.18. The molecule has 6 aromatic carbocycles. The minimum atomic E-state index is 0.970. The number of fused-ring (bicyclic) bond motifs is 5. The van der Waals surface area contributed by atoms with E-state index in [0.29, 0.717) is 0 Å². The van der Waals surface area contributed by atoms with E-state index in [2.05, 4.69) is 154 Å². The molecule has 0 spiro atoms. The maximum Gasteiger partial charge on any atom is 0.0702 e. The topological polar surface area (TPSA) is 30.7 Å². The molecule has 0 aliphatic rings. The molecule has 0 atom stereocenters. The van der Waals surface area contributed by atoms with Crippen molar-refractivity contribution in [2.45, 2.75) is 0 Å². The van der Waals surface area contributed by atoms with E-state index in [0.717, 1.165) is 33.8 Å². The molecule has 9 rings (SSSR count). The van der Waals surface area contributed by atoms with Crippen molar-refractivity contribution in [2.24, 2.45) is 0 Å². The van der Waals surface area contributed by atoms with E-state index in [1.54, 1.807) is 0 Å². The van der Waals surface area contributed by atoms with Gasteiger partial charge in [0.25, 0.3) is 0 Å². The van der Waals surface area contributed by atoms with Crippen LogP contribution in [-0.2, 0) is 0 Å². The Morgan fingerprint density at radius 1 is 0.362 bits per heavy atom. The summed E-state index contributed by atoms with van der Waals surface area (Å²) < 4.78 is 2.43. The van der Waals surface area contributed by atoms with Crippen molar-refractivity contribution < 1.29 is 0 Å². The molecule has 0 unspecified atom stereocenters. The quantitative estimate of drug-likeness (QED) is 0.197. The molecule has 0 bridgehead atoms. The van der Waals surface area contributed by atoms with Crippen molar-refractivity contribution >= 4 is 32.6 Å². The van der Waals surface area contributed by atoms with Gasteiger partial charge in [0.2, 0.25) is 0 Å². The van der Waals surface area contributed by atoms with Crippen molar-refractivity contribution in [2.75, 3.05) is 0 Å². The van der Waals surface area contributed by atoms with Crippen LogP contribution in [-0.4, -0.2) is 14.5 Å². The fraction of sp³-hybridized carbons (Fsp3) is 0. The SMILES string of the molecule is c1ccc(-n2c3cc(-c4cccc(-c5ccccn5)c4)ccc3c3c4ccccc4c(-c4cccc(-c5ccccn5)c4)cc32)cc1. The number of hydrogen-bond acceptors (Lipinski definition) is 2. The van der Waals surface area contributed by atoms with E-state index in [-0.39, 0.29) is 0 Å². The summed E-state index contributed by atoms with van der Waals surface area (Å²) in [4.78, 5) is 9.22. The number of nitrogens with zero attached hydrogens (tertiary/aromatic N) is 3. The summed E-state index contributed by atoms with van der Waals surface area (Å²) in [5.74, 6) is 0. The van der Waals surface area contributed by atoms with Gasteiger partial charge in [-0.1, -0.05) is 103 Å². The smallest absolute Gasteiger partial charge is 0.0702 e. The van der Waals surface area contributed by atoms with Crippen LogP contribution in [0.1, 0.15) is 0 Å². The Morgan fingerprint density at radius 3 is 1.66 bits per heavy atom. The lowest BCUT2D eigenvalue weighted by Gasteiger charge is -2.13. The zero-order valence-electron chi connectivity index (χ0n) is 25.6. The Hall–Kier alpha value is -6.32. The Balaban J connectivity index is 1.32. The molecular weight excluding hydrogens is 571 g/mol. The van der Waals surface area contributed by atoms with Gasteiger partial charge in [0.15, 0.2) is 0 Å². The van der Waals surface area contributed by atoms with Gasteiger partial charge in [0, 0.05) is 40.0 Å². The zero-order valence-corrected chi connectivity index (χ0v) is 25.6. The van der Waals surface area contributed by atoms with Crippen LogP contribution in [0.5, 0.6) is 0 Å². The summed E-state index contributed by atoms with van der Waals surface area (Å²) in [6.45, 7) is 0. The third kappa shape index (κ3) is 4.68. The molecule has 220 valence electrons. The second-order valence-electron chi connectivity index (χ2n) is 11.9.